The van der Waals surface area contributed by atoms with Gasteiger partial charge >= 0.3 is 12.1 Å². The molecular weight excluding hydrogens is 458 g/mol. The number of esters is 1. The van der Waals surface area contributed by atoms with E-state index in [0.717, 1.165) is 35.6 Å². The number of hydrogen-bond donors (Lipinski definition) is 2. The van der Waals surface area contributed by atoms with Gasteiger partial charge in [0.2, 0.25) is 0 Å². The summed E-state index contributed by atoms with van der Waals surface area (Å²) < 4.78 is 18.1. The van der Waals surface area contributed by atoms with E-state index in [-0.39, 0.29) is 12.3 Å². The number of carbonyl (C=O) groups excluding carboxylic acids is 2. The Morgan fingerprint density at radius 1 is 1.32 bits per heavy atom. The van der Waals surface area contributed by atoms with Crippen molar-refractivity contribution < 1.29 is 23.8 Å². The summed E-state index contributed by atoms with van der Waals surface area (Å²) in [5.41, 5.74) is 0.877. The molecule has 11 heteroatoms. The molecule has 3 aromatic heterocycles. The second kappa shape index (κ2) is 9.75. The Kier molecular flexibility index (Phi) is 6.94. The van der Waals surface area contributed by atoms with E-state index >= 15 is 0 Å². The van der Waals surface area contributed by atoms with E-state index in [1.807, 2.05) is 32.4 Å². The van der Waals surface area contributed by atoms with Crippen molar-refractivity contribution in [3.8, 4) is 0 Å². The van der Waals surface area contributed by atoms with Crippen molar-refractivity contribution in [1.29, 1.82) is 0 Å². The fourth-order valence-electron chi connectivity index (χ4n) is 3.94. The number of amides is 1. The highest BCUT2D eigenvalue weighted by Crippen LogP contribution is 2.40. The van der Waals surface area contributed by atoms with Gasteiger partial charge in [0.15, 0.2) is 6.23 Å². The van der Waals surface area contributed by atoms with Crippen LogP contribution in [0.3, 0.4) is 0 Å². The third-order valence-electron chi connectivity index (χ3n) is 5.44. The first kappa shape index (κ1) is 24.2. The maximum Gasteiger partial charge on any atom is 0.407 e. The first-order valence-electron chi connectivity index (χ1n) is 11.4. The molecular formula is C23H31N5O5S. The largest absolute Gasteiger partial charge is 0.465 e. The lowest BCUT2D eigenvalue weighted by Gasteiger charge is -2.23. The lowest BCUT2D eigenvalue weighted by Crippen LogP contribution is -2.40. The predicted octanol–water partition coefficient (Wildman–Crippen LogP) is 4.46. The zero-order valence-electron chi connectivity index (χ0n) is 20.1. The van der Waals surface area contributed by atoms with Crippen LogP contribution in [0, 0.1) is 0 Å². The van der Waals surface area contributed by atoms with E-state index in [4.69, 9.17) is 14.2 Å². The molecule has 1 amide bonds. The fraction of sp³-hybridized carbons (Fsp3) is 0.565. The third kappa shape index (κ3) is 5.10. The highest BCUT2D eigenvalue weighted by Gasteiger charge is 2.26. The second-order valence-corrected chi connectivity index (χ2v) is 10.4. The van der Waals surface area contributed by atoms with Crippen molar-refractivity contribution in [3.05, 3.63) is 17.3 Å². The Bertz CT molecular complexity index is 1190. The molecule has 3 aromatic rings. The van der Waals surface area contributed by atoms with Crippen molar-refractivity contribution in [2.45, 2.75) is 64.8 Å². The molecule has 1 fully saturated rings. The number of alkyl carbamates (subject to hydrolysis) is 1. The molecule has 0 aromatic carbocycles. The number of nitrogens with zero attached hydrogens (tertiary/aromatic N) is 3. The number of anilines is 1. The predicted molar refractivity (Wildman–Crippen MR) is 130 cm³/mol. The molecule has 0 radical (unpaired) electrons. The molecule has 4 rings (SSSR count). The summed E-state index contributed by atoms with van der Waals surface area (Å²) in [4.78, 5) is 30.4. The molecule has 1 saturated heterocycles. The number of methoxy groups -OCH3 is 1. The van der Waals surface area contributed by atoms with Crippen LogP contribution in [0.2, 0.25) is 0 Å². The smallest absolute Gasteiger partial charge is 0.407 e. The number of nitrogens with one attached hydrogen (secondary N) is 2. The molecule has 10 nitrogen and oxygen atoms in total. The van der Waals surface area contributed by atoms with E-state index in [1.165, 1.54) is 18.4 Å². The van der Waals surface area contributed by atoms with Gasteiger partial charge in [-0.3, -0.25) is 0 Å². The number of pyridine rings is 1. The van der Waals surface area contributed by atoms with Crippen LogP contribution in [0.1, 0.15) is 62.9 Å². The summed E-state index contributed by atoms with van der Waals surface area (Å²) >= 11 is 1.26. The lowest BCUT2D eigenvalue weighted by atomic mass is 10.1. The lowest BCUT2D eigenvalue weighted by molar-refractivity contribution is -0.0367. The van der Waals surface area contributed by atoms with Gasteiger partial charge in [-0.25, -0.2) is 19.3 Å². The molecule has 2 atom stereocenters. The van der Waals surface area contributed by atoms with Crippen molar-refractivity contribution in [1.82, 2.24) is 20.1 Å². The highest BCUT2D eigenvalue weighted by atomic mass is 32.1. The Hall–Kier alpha value is -2.92. The van der Waals surface area contributed by atoms with E-state index in [9.17, 15) is 9.59 Å². The van der Waals surface area contributed by atoms with Gasteiger partial charge in [0.25, 0.3) is 0 Å². The van der Waals surface area contributed by atoms with Gasteiger partial charge in [-0.2, -0.15) is 5.10 Å². The average Bonchev–Trinajstić information content (AvgIpc) is 3.37. The summed E-state index contributed by atoms with van der Waals surface area (Å²) in [6.45, 7) is 8.37. The number of rotatable bonds is 6. The van der Waals surface area contributed by atoms with Crippen molar-refractivity contribution >= 4 is 50.2 Å². The zero-order chi connectivity index (χ0) is 24.5. The molecule has 34 heavy (non-hydrogen) atoms. The van der Waals surface area contributed by atoms with Crippen LogP contribution in [0.25, 0.3) is 21.1 Å². The van der Waals surface area contributed by atoms with Crippen LogP contribution in [0.5, 0.6) is 0 Å². The minimum atomic E-state index is -0.585. The number of carbonyl (C=O) groups is 2. The van der Waals surface area contributed by atoms with Gasteiger partial charge in [0.05, 0.1) is 30.7 Å². The number of fused-ring (bicyclic) bond motifs is 3. The Balaban J connectivity index is 1.65. The normalized spacial score (nSPS) is 17.5. The van der Waals surface area contributed by atoms with E-state index in [0.29, 0.717) is 28.5 Å². The summed E-state index contributed by atoms with van der Waals surface area (Å²) in [7, 11) is 1.35. The van der Waals surface area contributed by atoms with Crippen LogP contribution < -0.4 is 10.6 Å². The molecule has 0 bridgehead atoms. The number of hydrogen-bond acceptors (Lipinski definition) is 9. The molecule has 184 valence electrons. The highest BCUT2D eigenvalue weighted by molar-refractivity contribution is 7.21. The summed E-state index contributed by atoms with van der Waals surface area (Å²) in [6, 6.07) is -0.263. The molecule has 1 unspecified atom stereocenters. The van der Waals surface area contributed by atoms with Crippen LogP contribution in [0.15, 0.2) is 12.4 Å². The van der Waals surface area contributed by atoms with Gasteiger partial charge in [-0.1, -0.05) is 0 Å². The van der Waals surface area contributed by atoms with Crippen LogP contribution >= 0.6 is 11.3 Å². The molecule has 2 N–H and O–H groups in total. The maximum absolute atomic E-state index is 12.6. The third-order valence-corrected chi connectivity index (χ3v) is 6.52. The minimum absolute atomic E-state index is 0.126. The van der Waals surface area contributed by atoms with Crippen LogP contribution in [-0.4, -0.2) is 58.7 Å². The summed E-state index contributed by atoms with van der Waals surface area (Å²) in [5, 5.41) is 12.4. The summed E-state index contributed by atoms with van der Waals surface area (Å²) in [6.07, 6.45) is 5.97. The van der Waals surface area contributed by atoms with Gasteiger partial charge < -0.3 is 24.8 Å². The second-order valence-electron chi connectivity index (χ2n) is 9.37. The van der Waals surface area contributed by atoms with E-state index in [2.05, 4.69) is 20.7 Å². The zero-order valence-corrected chi connectivity index (χ0v) is 21.0. The molecule has 1 aliphatic heterocycles. The Labute approximate surface area is 201 Å². The van der Waals surface area contributed by atoms with Gasteiger partial charge in [0, 0.05) is 30.0 Å². The Morgan fingerprint density at radius 2 is 2.12 bits per heavy atom. The van der Waals surface area contributed by atoms with E-state index < -0.39 is 17.7 Å². The van der Waals surface area contributed by atoms with Crippen molar-refractivity contribution in [3.63, 3.8) is 0 Å². The maximum atomic E-state index is 12.6. The standard InChI is InChI=1S/C23H31N5O5S/c1-13(27-22(30)33-23(2,3)4)10-24-18-17-14-11-26-28(16-8-6-7-9-32-16)15(14)12-25-20(17)34-19(18)21(29)31-5/h11-13,16,24H,6-10H2,1-5H3,(H,27,30)/t13-,16?/m1/s1. The monoisotopic (exact) mass is 489 g/mol. The summed E-state index contributed by atoms with van der Waals surface area (Å²) in [5.74, 6) is -0.450. The molecule has 1 aliphatic rings. The van der Waals surface area contributed by atoms with Gasteiger partial charge in [0.1, 0.15) is 15.3 Å². The molecule has 0 saturated carbocycles. The van der Waals surface area contributed by atoms with Crippen molar-refractivity contribution in [2.75, 3.05) is 25.6 Å². The van der Waals surface area contributed by atoms with Gasteiger partial charge in [-0.05, 0) is 47.0 Å². The average molecular weight is 490 g/mol. The molecule has 0 aliphatic carbocycles. The first-order valence-corrected chi connectivity index (χ1v) is 12.2. The van der Waals surface area contributed by atoms with Crippen LogP contribution in [-0.2, 0) is 14.2 Å². The first-order chi connectivity index (χ1) is 16.2. The number of thiophene rings is 1. The fourth-order valence-corrected chi connectivity index (χ4v) is 4.99. The van der Waals surface area contributed by atoms with E-state index in [1.54, 1.807) is 12.4 Å². The SMILES string of the molecule is COC(=O)c1sc2ncc3c(cnn3C3CCCCO3)c2c1NC[C@@H](C)NC(=O)OC(C)(C)C. The quantitative estimate of drug-likeness (QED) is 0.488. The van der Waals surface area contributed by atoms with Crippen molar-refractivity contribution in [2.24, 2.45) is 0 Å². The number of ether oxygens (including phenoxy) is 3. The molecule has 4 heterocycles. The number of aromatic nitrogens is 3. The molecule has 0 spiro atoms. The van der Waals surface area contributed by atoms with Crippen LogP contribution in [0.4, 0.5) is 10.5 Å². The van der Waals surface area contributed by atoms with Gasteiger partial charge in [-0.15, -0.1) is 11.3 Å². The minimum Gasteiger partial charge on any atom is -0.465 e. The topological polar surface area (TPSA) is 117 Å². The Morgan fingerprint density at radius 3 is 2.79 bits per heavy atom.